The molecule has 4 atom stereocenters. The highest BCUT2D eigenvalue weighted by molar-refractivity contribution is 7.99. The molecule has 51 heavy (non-hydrogen) atoms. The van der Waals surface area contributed by atoms with E-state index in [-0.39, 0.29) is 24.8 Å². The van der Waals surface area contributed by atoms with Gasteiger partial charge < -0.3 is 29.6 Å². The van der Waals surface area contributed by atoms with Crippen molar-refractivity contribution >= 4 is 41.5 Å². The summed E-state index contributed by atoms with van der Waals surface area (Å²) in [5.41, 5.74) is 6.32. The lowest BCUT2D eigenvalue weighted by Crippen LogP contribution is -2.48. The van der Waals surface area contributed by atoms with E-state index in [4.69, 9.17) is 28.7 Å². The van der Waals surface area contributed by atoms with Crippen molar-refractivity contribution in [3.63, 3.8) is 0 Å². The molecule has 0 spiro atoms. The molecule has 10 nitrogen and oxygen atoms in total. The Morgan fingerprint density at radius 1 is 1.06 bits per heavy atom. The van der Waals surface area contributed by atoms with Gasteiger partial charge in [-0.05, 0) is 85.0 Å². The van der Waals surface area contributed by atoms with Crippen LogP contribution in [-0.4, -0.2) is 66.0 Å². The zero-order valence-corrected chi connectivity index (χ0v) is 32.3. The van der Waals surface area contributed by atoms with E-state index in [1.807, 2.05) is 61.5 Å². The van der Waals surface area contributed by atoms with Crippen LogP contribution < -0.4 is 15.5 Å². The van der Waals surface area contributed by atoms with Crippen molar-refractivity contribution < 1.29 is 33.5 Å². The number of fused-ring (bicyclic) bond motifs is 1. The number of nitrogens with zero attached hydrogens (tertiary/aromatic N) is 1. The second kappa shape index (κ2) is 23.0. The number of amides is 2. The molecule has 1 fully saturated rings. The van der Waals surface area contributed by atoms with E-state index < -0.39 is 6.23 Å². The van der Waals surface area contributed by atoms with E-state index in [1.54, 1.807) is 5.56 Å². The molecule has 3 unspecified atom stereocenters. The maximum absolute atomic E-state index is 12.4. The number of ether oxygens (including phenoxy) is 2. The molecule has 0 aromatic heterocycles. The van der Waals surface area contributed by atoms with Gasteiger partial charge in [-0.2, -0.15) is 0 Å². The fourth-order valence-electron chi connectivity index (χ4n) is 6.33. The Balaban J connectivity index is 0.000000279. The average Bonchev–Trinajstić information content (AvgIpc) is 3.33. The fourth-order valence-corrected chi connectivity index (χ4v) is 8.00. The van der Waals surface area contributed by atoms with Crippen LogP contribution in [0, 0.1) is 12.3 Å². The first kappa shape index (κ1) is 42.6. The summed E-state index contributed by atoms with van der Waals surface area (Å²) in [7, 11) is 4.26. The Morgan fingerprint density at radius 3 is 2.53 bits per heavy atom. The molecule has 0 aliphatic carbocycles. The van der Waals surface area contributed by atoms with Crippen LogP contribution in [0.5, 0.6) is 0 Å². The van der Waals surface area contributed by atoms with Gasteiger partial charge in [0.1, 0.15) is 6.23 Å². The van der Waals surface area contributed by atoms with Gasteiger partial charge in [0.2, 0.25) is 0 Å². The maximum Gasteiger partial charge on any atom is 0.321 e. The number of carbonyl (C=O) groups is 1. The monoisotopic (exact) mass is 743 g/mol. The minimum absolute atomic E-state index is 0.106. The summed E-state index contributed by atoms with van der Waals surface area (Å²) in [6.45, 7) is 7.34. The summed E-state index contributed by atoms with van der Waals surface area (Å²) in [6.07, 6.45) is 8.27. The second-order valence-corrected chi connectivity index (χ2v) is 14.8. The van der Waals surface area contributed by atoms with Gasteiger partial charge in [0.15, 0.2) is 12.3 Å². The molecule has 12 heteroatoms. The van der Waals surface area contributed by atoms with Crippen molar-refractivity contribution in [2.75, 3.05) is 36.7 Å². The average molecular weight is 744 g/mol. The SMILES string of the molecule is CCCC[C@@]1(CC)CCc2cc(N(C)C)ccc2SC1.Cc1cccc(NC(=O)NC2CC(OCc3ccccc3)CC(COSO)O2)c1.OO. The Kier molecular flexibility index (Phi) is 19.2. The van der Waals surface area contributed by atoms with Gasteiger partial charge >= 0.3 is 6.03 Å². The smallest absolute Gasteiger partial charge is 0.321 e. The third kappa shape index (κ3) is 14.6. The lowest BCUT2D eigenvalue weighted by molar-refractivity contribution is -0.176. The van der Waals surface area contributed by atoms with Crippen LogP contribution in [0.2, 0.25) is 0 Å². The van der Waals surface area contributed by atoms with Crippen molar-refractivity contribution in [3.05, 3.63) is 89.5 Å². The van der Waals surface area contributed by atoms with Gasteiger partial charge in [-0.15, -0.1) is 11.8 Å². The number of aryl methyl sites for hydroxylation is 2. The van der Waals surface area contributed by atoms with E-state index in [2.05, 4.69) is 73.4 Å². The lowest BCUT2D eigenvalue weighted by atomic mass is 9.77. The van der Waals surface area contributed by atoms with Crippen LogP contribution in [0.1, 0.15) is 75.5 Å². The van der Waals surface area contributed by atoms with Crippen LogP contribution in [0.4, 0.5) is 16.2 Å². The van der Waals surface area contributed by atoms with Crippen LogP contribution >= 0.6 is 24.1 Å². The van der Waals surface area contributed by atoms with E-state index >= 15 is 0 Å². The summed E-state index contributed by atoms with van der Waals surface area (Å²) in [5, 5.41) is 17.7. The number of anilines is 2. The molecule has 2 aliphatic heterocycles. The first-order chi connectivity index (χ1) is 24.7. The van der Waals surface area contributed by atoms with Crippen molar-refractivity contribution in [3.8, 4) is 0 Å². The molecule has 2 amide bonds. The molecule has 3 aromatic rings. The van der Waals surface area contributed by atoms with Gasteiger partial charge in [0.05, 0.1) is 25.4 Å². The molecule has 5 rings (SSSR count). The van der Waals surface area contributed by atoms with E-state index in [1.165, 1.54) is 54.9 Å². The molecule has 2 heterocycles. The minimum atomic E-state index is -0.522. The number of hydrogen-bond donors (Lipinski definition) is 5. The normalized spacial score (nSPS) is 21.1. The highest BCUT2D eigenvalue weighted by atomic mass is 32.2. The van der Waals surface area contributed by atoms with Gasteiger partial charge in [-0.3, -0.25) is 14.7 Å². The zero-order chi connectivity index (χ0) is 37.1. The highest BCUT2D eigenvalue weighted by Crippen LogP contribution is 2.44. The number of hydrogen-bond acceptors (Lipinski definition) is 10. The van der Waals surface area contributed by atoms with Gasteiger partial charge in [-0.25, -0.2) is 4.79 Å². The molecular formula is C39H57N3O7S2. The van der Waals surface area contributed by atoms with E-state index in [0.29, 0.717) is 42.9 Å². The topological polar surface area (TPSA) is 133 Å². The minimum Gasteiger partial charge on any atom is -0.378 e. The number of nitrogens with one attached hydrogen (secondary N) is 2. The third-order valence-electron chi connectivity index (χ3n) is 9.39. The number of urea groups is 1. The van der Waals surface area contributed by atoms with Crippen LogP contribution in [0.25, 0.3) is 0 Å². The van der Waals surface area contributed by atoms with Crippen molar-refractivity contribution in [2.45, 2.75) is 102 Å². The van der Waals surface area contributed by atoms with E-state index in [0.717, 1.165) is 11.1 Å². The molecule has 3 aromatic carbocycles. The first-order valence-corrected chi connectivity index (χ1v) is 19.4. The summed E-state index contributed by atoms with van der Waals surface area (Å²) in [4.78, 5) is 16.1. The highest BCUT2D eigenvalue weighted by Gasteiger charge is 2.32. The van der Waals surface area contributed by atoms with Gasteiger partial charge in [-0.1, -0.05) is 69.2 Å². The number of thioether (sulfide) groups is 1. The number of carbonyl (C=O) groups excluding carboxylic acids is 1. The van der Waals surface area contributed by atoms with Gasteiger partial charge in [0, 0.05) is 49.0 Å². The Morgan fingerprint density at radius 2 is 1.84 bits per heavy atom. The molecule has 282 valence electrons. The largest absolute Gasteiger partial charge is 0.378 e. The molecular weight excluding hydrogens is 687 g/mol. The number of rotatable bonds is 13. The second-order valence-electron chi connectivity index (χ2n) is 13.4. The van der Waals surface area contributed by atoms with Crippen LogP contribution in [-0.2, 0) is 26.7 Å². The summed E-state index contributed by atoms with van der Waals surface area (Å²) < 4.78 is 25.8. The predicted molar refractivity (Wildman–Crippen MR) is 210 cm³/mol. The van der Waals surface area contributed by atoms with Crippen molar-refractivity contribution in [1.82, 2.24) is 5.32 Å². The first-order valence-electron chi connectivity index (χ1n) is 17.7. The standard InChI is InChI=1S/C21H26N2O5S.C18H29NS.H2O2/c1-15-6-5-9-17(10-15)22-21(24)23-20-12-18(11-19(28-20)14-27-29-25)26-13-16-7-3-2-4-8-16;1-5-7-11-18(6-2)12-10-15-13-16(19(3)4)8-9-17(15)20-14-18;1-2/h2-10,18-20,25H,11-14H2,1H3,(H2,22,23,24);8-9,13H,5-7,10-12,14H2,1-4H3;1-2H/t;18-;/m.0./s1. The molecule has 2 aliphatic rings. The lowest BCUT2D eigenvalue weighted by Gasteiger charge is -2.35. The van der Waals surface area contributed by atoms with Crippen LogP contribution in [0.15, 0.2) is 77.7 Å². The van der Waals surface area contributed by atoms with Crippen molar-refractivity contribution in [1.29, 1.82) is 0 Å². The molecule has 0 saturated carbocycles. The number of unbranched alkanes of at least 4 members (excludes halogenated alkanes) is 1. The Hall–Kier alpha value is -2.81. The Labute approximate surface area is 313 Å². The zero-order valence-electron chi connectivity index (χ0n) is 30.7. The molecule has 5 N–H and O–H groups in total. The predicted octanol–water partition coefficient (Wildman–Crippen LogP) is 9.74. The summed E-state index contributed by atoms with van der Waals surface area (Å²) in [5.74, 6) is 1.30. The summed E-state index contributed by atoms with van der Waals surface area (Å²) in [6, 6.07) is 24.1. The summed E-state index contributed by atoms with van der Waals surface area (Å²) >= 11 is 2.40. The number of benzene rings is 3. The molecule has 0 radical (unpaired) electrons. The molecule has 1 saturated heterocycles. The van der Waals surface area contributed by atoms with Gasteiger partial charge in [0.25, 0.3) is 0 Å². The fraction of sp³-hybridized carbons (Fsp3) is 0.513. The quantitative estimate of drug-likeness (QED) is 0.0655. The maximum atomic E-state index is 12.4. The third-order valence-corrected chi connectivity index (χ3v) is 11.1. The molecule has 0 bridgehead atoms. The van der Waals surface area contributed by atoms with Crippen molar-refractivity contribution in [2.24, 2.45) is 5.41 Å². The Bertz CT molecular complexity index is 1430. The van der Waals surface area contributed by atoms with E-state index in [9.17, 15) is 4.79 Å². The van der Waals surface area contributed by atoms with Crippen LogP contribution in [0.3, 0.4) is 0 Å².